The molecule has 54 heavy (non-hydrogen) atoms. The predicted molar refractivity (Wildman–Crippen MR) is 208 cm³/mol. The van der Waals surface area contributed by atoms with Crippen molar-refractivity contribution in [1.29, 1.82) is 0 Å². The fourth-order valence-electron chi connectivity index (χ4n) is 8.67. The number of benzene rings is 3. The van der Waals surface area contributed by atoms with E-state index < -0.39 is 11.9 Å². The zero-order valence-corrected chi connectivity index (χ0v) is 30.4. The van der Waals surface area contributed by atoms with Crippen molar-refractivity contribution in [3.05, 3.63) is 113 Å². The Bertz CT molecular complexity index is 2110. The zero-order chi connectivity index (χ0) is 37.0. The molecule has 0 radical (unpaired) electrons. The number of hydrogen-bond acceptors (Lipinski definition) is 8. The van der Waals surface area contributed by atoms with Crippen LogP contribution in [0.3, 0.4) is 0 Å². The van der Waals surface area contributed by atoms with Crippen molar-refractivity contribution in [2.45, 2.75) is 76.2 Å². The standard InChI is InChI=1S/C44H46N6O4/c51-28-39-34-19-23-49(26-30-17-21-45-22-18-30)42(34)35-25-32(13-14-38(35)47-39)31-10-6-9-29(24-31)8-4-2-1-3-5-20-46-37-12-7-11-33-36(37)27-50(44(33)54)40-15-16-41(52)48-43(40)53/h6-7,9-14,17-18,21-22,24-25,34,39-40,42,46-47,51H,1-3,5,15-16,19-20,23,26-28H2,(H,48,52,53)/t34-,39-,40?,42-/m1/s1. The van der Waals surface area contributed by atoms with E-state index in [0.29, 0.717) is 24.4 Å². The number of nitrogens with zero attached hydrogens (tertiary/aromatic N) is 3. The molecule has 4 aliphatic heterocycles. The number of nitrogens with one attached hydrogen (secondary N) is 3. The van der Waals surface area contributed by atoms with Crippen molar-refractivity contribution >= 4 is 29.1 Å². The number of rotatable bonds is 11. The first kappa shape index (κ1) is 35.5. The number of fused-ring (bicyclic) bond motifs is 4. The third-order valence-corrected chi connectivity index (χ3v) is 11.4. The molecule has 3 aromatic carbocycles. The maximum Gasteiger partial charge on any atom is 0.255 e. The summed E-state index contributed by atoms with van der Waals surface area (Å²) in [5.74, 6) is 6.27. The van der Waals surface area contributed by atoms with Gasteiger partial charge in [0.1, 0.15) is 6.04 Å². The number of unbranched alkanes of at least 4 members (excludes halogenated alkanes) is 3. The van der Waals surface area contributed by atoms with Gasteiger partial charge in [-0.3, -0.25) is 29.6 Å². The van der Waals surface area contributed by atoms with Crippen molar-refractivity contribution in [2.24, 2.45) is 5.92 Å². The molecule has 10 nitrogen and oxygen atoms in total. The number of aliphatic hydroxyl groups excluding tert-OH is 1. The molecule has 4 aromatic rings. The van der Waals surface area contributed by atoms with Gasteiger partial charge >= 0.3 is 0 Å². The molecule has 0 bridgehead atoms. The zero-order valence-electron chi connectivity index (χ0n) is 30.4. The highest BCUT2D eigenvalue weighted by atomic mass is 16.3. The average Bonchev–Trinajstić information content (AvgIpc) is 3.77. The second kappa shape index (κ2) is 15.8. The molecule has 3 amide bonds. The normalized spacial score (nSPS) is 21.7. The number of piperidine rings is 1. The number of carbonyl (C=O) groups is 3. The molecular formula is C44H46N6O4. The highest BCUT2D eigenvalue weighted by molar-refractivity contribution is 6.06. The van der Waals surface area contributed by atoms with E-state index in [1.807, 2.05) is 30.6 Å². The molecule has 5 heterocycles. The summed E-state index contributed by atoms with van der Waals surface area (Å²) in [7, 11) is 0. The monoisotopic (exact) mass is 722 g/mol. The summed E-state index contributed by atoms with van der Waals surface area (Å²) >= 11 is 0. The number of likely N-dealkylation sites (tertiary alicyclic amines) is 1. The lowest BCUT2D eigenvalue weighted by molar-refractivity contribution is -0.136. The average molecular weight is 723 g/mol. The van der Waals surface area contributed by atoms with Crippen LogP contribution in [0.2, 0.25) is 0 Å². The molecule has 4 N–H and O–H groups in total. The van der Waals surface area contributed by atoms with E-state index in [0.717, 1.165) is 79.8 Å². The van der Waals surface area contributed by atoms with Gasteiger partial charge < -0.3 is 20.6 Å². The van der Waals surface area contributed by atoms with E-state index in [2.05, 4.69) is 92.3 Å². The number of aromatic nitrogens is 1. The number of hydrogen-bond donors (Lipinski definition) is 4. The summed E-state index contributed by atoms with van der Waals surface area (Å²) in [6.07, 6.45) is 9.16. The van der Waals surface area contributed by atoms with Crippen molar-refractivity contribution in [2.75, 3.05) is 30.3 Å². The van der Waals surface area contributed by atoms with Crippen LogP contribution < -0.4 is 16.0 Å². The van der Waals surface area contributed by atoms with E-state index in [9.17, 15) is 19.5 Å². The van der Waals surface area contributed by atoms with Crippen molar-refractivity contribution < 1.29 is 19.5 Å². The van der Waals surface area contributed by atoms with E-state index in [1.54, 1.807) is 4.90 Å². The SMILES string of the molecule is O=C1CCC(N2Cc3c(NCCCCCC#Cc4cccc(-c5ccc6c(c5)[C@H]5[C@H](CCN5Cc5ccncc5)[C@@H](CO)N6)c4)cccc3C2=O)C(=O)N1. The fraction of sp³-hybridized carbons (Fsp3) is 0.364. The van der Waals surface area contributed by atoms with Gasteiger partial charge in [0.15, 0.2) is 0 Å². The Morgan fingerprint density at radius 2 is 1.78 bits per heavy atom. The summed E-state index contributed by atoms with van der Waals surface area (Å²) in [6.45, 7) is 3.11. The molecule has 0 spiro atoms. The molecular weight excluding hydrogens is 677 g/mol. The van der Waals surface area contributed by atoms with Gasteiger partial charge in [0.05, 0.1) is 12.6 Å². The van der Waals surface area contributed by atoms with Gasteiger partial charge in [0, 0.05) is 84.9 Å². The summed E-state index contributed by atoms with van der Waals surface area (Å²) in [4.78, 5) is 45.5. The lowest BCUT2D eigenvalue weighted by Gasteiger charge is -2.39. The first-order valence-corrected chi connectivity index (χ1v) is 19.2. The highest BCUT2D eigenvalue weighted by Gasteiger charge is 2.44. The second-order valence-corrected chi connectivity index (χ2v) is 14.8. The molecule has 0 aliphatic carbocycles. The number of pyridine rings is 1. The third kappa shape index (κ3) is 7.34. The Kier molecular flexibility index (Phi) is 10.4. The van der Waals surface area contributed by atoms with Crippen molar-refractivity contribution in [3.8, 4) is 23.0 Å². The maximum atomic E-state index is 13.1. The Balaban J connectivity index is 0.848. The van der Waals surface area contributed by atoms with Gasteiger partial charge in [-0.1, -0.05) is 42.5 Å². The Labute approximate surface area is 316 Å². The largest absolute Gasteiger partial charge is 0.394 e. The number of carbonyl (C=O) groups excluding carboxylic acids is 3. The van der Waals surface area contributed by atoms with Gasteiger partial charge in [-0.15, -0.1) is 0 Å². The number of aliphatic hydroxyl groups is 1. The minimum absolute atomic E-state index is 0.0436. The molecule has 1 aromatic heterocycles. The van der Waals surface area contributed by atoms with Crippen LogP contribution in [0, 0.1) is 17.8 Å². The molecule has 2 saturated heterocycles. The first-order chi connectivity index (χ1) is 26.5. The van der Waals surface area contributed by atoms with Gasteiger partial charge in [-0.05, 0) is 103 Å². The van der Waals surface area contributed by atoms with Crippen LogP contribution in [-0.4, -0.2) is 69.4 Å². The minimum atomic E-state index is -0.614. The summed E-state index contributed by atoms with van der Waals surface area (Å²) in [5, 5.41) is 19.8. The molecule has 4 aliphatic rings. The second-order valence-electron chi connectivity index (χ2n) is 14.8. The summed E-state index contributed by atoms with van der Waals surface area (Å²) < 4.78 is 0. The molecule has 8 rings (SSSR count). The van der Waals surface area contributed by atoms with Gasteiger partial charge in [0.25, 0.3) is 5.91 Å². The Morgan fingerprint density at radius 3 is 2.63 bits per heavy atom. The predicted octanol–water partition coefficient (Wildman–Crippen LogP) is 5.88. The number of anilines is 2. The van der Waals surface area contributed by atoms with Crippen LogP contribution in [0.4, 0.5) is 11.4 Å². The van der Waals surface area contributed by atoms with Crippen molar-refractivity contribution in [3.63, 3.8) is 0 Å². The van der Waals surface area contributed by atoms with Crippen LogP contribution >= 0.6 is 0 Å². The van der Waals surface area contributed by atoms with Crippen LogP contribution in [-0.2, 0) is 22.7 Å². The smallest absolute Gasteiger partial charge is 0.255 e. The van der Waals surface area contributed by atoms with Crippen LogP contribution in [0.25, 0.3) is 11.1 Å². The minimum Gasteiger partial charge on any atom is -0.394 e. The Morgan fingerprint density at radius 1 is 0.926 bits per heavy atom. The van der Waals surface area contributed by atoms with E-state index in [-0.39, 0.29) is 36.9 Å². The summed E-state index contributed by atoms with van der Waals surface area (Å²) in [6, 6.07) is 24.6. The van der Waals surface area contributed by atoms with E-state index in [4.69, 9.17) is 0 Å². The highest BCUT2D eigenvalue weighted by Crippen LogP contribution is 2.48. The van der Waals surface area contributed by atoms with Gasteiger partial charge in [-0.2, -0.15) is 0 Å². The number of amides is 3. The fourth-order valence-corrected chi connectivity index (χ4v) is 8.67. The third-order valence-electron chi connectivity index (χ3n) is 11.4. The van der Waals surface area contributed by atoms with Gasteiger partial charge in [0.2, 0.25) is 11.8 Å². The quantitative estimate of drug-likeness (QED) is 0.0859. The van der Waals surface area contributed by atoms with Crippen LogP contribution in [0.15, 0.2) is 85.2 Å². The topological polar surface area (TPSA) is 127 Å². The van der Waals surface area contributed by atoms with Gasteiger partial charge in [-0.25, -0.2) is 0 Å². The first-order valence-electron chi connectivity index (χ1n) is 19.2. The van der Waals surface area contributed by atoms with Crippen LogP contribution in [0.1, 0.15) is 83.6 Å². The lowest BCUT2D eigenvalue weighted by Crippen LogP contribution is -2.52. The van der Waals surface area contributed by atoms with Crippen LogP contribution in [0.5, 0.6) is 0 Å². The number of imide groups is 1. The summed E-state index contributed by atoms with van der Waals surface area (Å²) in [5.41, 5.74) is 9.41. The molecule has 10 heteroatoms. The molecule has 1 unspecified atom stereocenters. The molecule has 4 atom stereocenters. The van der Waals surface area contributed by atoms with Crippen molar-refractivity contribution in [1.82, 2.24) is 20.1 Å². The lowest BCUT2D eigenvalue weighted by atomic mass is 9.82. The van der Waals surface area contributed by atoms with E-state index in [1.165, 1.54) is 16.7 Å². The molecule has 2 fully saturated rings. The van der Waals surface area contributed by atoms with E-state index >= 15 is 0 Å². The Hall–Kier alpha value is -5.50. The molecule has 0 saturated carbocycles. The maximum absolute atomic E-state index is 13.1. The molecule has 276 valence electrons.